The van der Waals surface area contributed by atoms with Crippen LogP contribution in [0, 0.1) is 29.6 Å². The van der Waals surface area contributed by atoms with Crippen LogP contribution in [-0.2, 0) is 16.2 Å². The van der Waals surface area contributed by atoms with E-state index in [0.717, 1.165) is 99.0 Å². The largest absolute Gasteiger partial charge is 0.457 e. The Labute approximate surface area is 403 Å². The average molecular weight is 890 g/mol. The Hall–Kier alpha value is -7.17. The van der Waals surface area contributed by atoms with Gasteiger partial charge in [-0.15, -0.1) is 0 Å². The molecule has 1 aliphatic heterocycles. The van der Waals surface area contributed by atoms with Crippen LogP contribution in [0.25, 0.3) is 56.2 Å². The Morgan fingerprint density at radius 3 is 1.88 bits per heavy atom. The van der Waals surface area contributed by atoms with Crippen LogP contribution >= 0.6 is 0 Å². The van der Waals surface area contributed by atoms with Gasteiger partial charge in [0.05, 0.1) is 5.41 Å². The molecular formula is C65H51N3O. The Balaban J connectivity index is 0.877. The molecule has 332 valence electrons. The summed E-state index contributed by atoms with van der Waals surface area (Å²) in [6, 6.07) is 60.4. The quantitative estimate of drug-likeness (QED) is 0.173. The van der Waals surface area contributed by atoms with Gasteiger partial charge in [0, 0.05) is 27.7 Å². The summed E-state index contributed by atoms with van der Waals surface area (Å²) in [5.41, 5.74) is 19.7. The summed E-state index contributed by atoms with van der Waals surface area (Å²) in [5.74, 6) is 8.78. The van der Waals surface area contributed by atoms with Crippen molar-refractivity contribution in [3.05, 3.63) is 220 Å². The number of nitrogens with zero attached hydrogens (tertiary/aromatic N) is 3. The van der Waals surface area contributed by atoms with Crippen LogP contribution in [-0.4, -0.2) is 15.0 Å². The third kappa shape index (κ3) is 4.92. The lowest BCUT2D eigenvalue weighted by Crippen LogP contribution is -2.48. The molecule has 1 spiro atoms. The van der Waals surface area contributed by atoms with E-state index in [1.54, 1.807) is 5.56 Å². The van der Waals surface area contributed by atoms with Crippen molar-refractivity contribution in [1.29, 1.82) is 0 Å². The van der Waals surface area contributed by atoms with Gasteiger partial charge >= 0.3 is 0 Å². The molecule has 7 aromatic carbocycles. The molecule has 2 heterocycles. The number of para-hydroxylation sites is 2. The first-order valence-electron chi connectivity index (χ1n) is 25.5. The van der Waals surface area contributed by atoms with Crippen LogP contribution in [0.3, 0.4) is 0 Å². The molecule has 0 saturated heterocycles. The number of aromatic nitrogens is 3. The Kier molecular flexibility index (Phi) is 7.60. The van der Waals surface area contributed by atoms with Crippen LogP contribution < -0.4 is 4.74 Å². The van der Waals surface area contributed by atoms with Gasteiger partial charge in [0.15, 0.2) is 17.5 Å². The summed E-state index contributed by atoms with van der Waals surface area (Å²) in [4.78, 5) is 16.5. The van der Waals surface area contributed by atoms with E-state index in [2.05, 4.69) is 184 Å². The molecule has 4 saturated carbocycles. The first kappa shape index (κ1) is 38.8. The van der Waals surface area contributed by atoms with Gasteiger partial charge in [0.2, 0.25) is 0 Å². The molecule has 0 amide bonds. The maximum atomic E-state index is 6.68. The van der Waals surface area contributed by atoms with Crippen LogP contribution in [0.1, 0.15) is 97.1 Å². The van der Waals surface area contributed by atoms with Crippen molar-refractivity contribution < 1.29 is 4.74 Å². The summed E-state index contributed by atoms with van der Waals surface area (Å²) < 4.78 is 6.68. The lowest BCUT2D eigenvalue weighted by atomic mass is 9.52. The molecule has 7 aliphatic carbocycles. The van der Waals surface area contributed by atoms with Gasteiger partial charge in [-0.2, -0.15) is 0 Å². The van der Waals surface area contributed by atoms with Crippen LogP contribution in [0.2, 0.25) is 0 Å². The van der Waals surface area contributed by atoms with E-state index in [0.29, 0.717) is 11.2 Å². The van der Waals surface area contributed by atoms with Crippen molar-refractivity contribution in [3.8, 4) is 56.5 Å². The topological polar surface area (TPSA) is 47.9 Å². The molecule has 5 unspecified atom stereocenters. The Morgan fingerprint density at radius 2 is 1.10 bits per heavy atom. The number of hydrogen-bond donors (Lipinski definition) is 0. The predicted molar refractivity (Wildman–Crippen MR) is 275 cm³/mol. The smallest absolute Gasteiger partial charge is 0.164 e. The van der Waals surface area contributed by atoms with E-state index >= 15 is 0 Å². The van der Waals surface area contributed by atoms with Crippen molar-refractivity contribution in [1.82, 2.24) is 15.0 Å². The van der Waals surface area contributed by atoms with E-state index in [1.807, 2.05) is 0 Å². The van der Waals surface area contributed by atoms with Crippen molar-refractivity contribution in [2.45, 2.75) is 68.6 Å². The van der Waals surface area contributed by atoms with Gasteiger partial charge in [-0.1, -0.05) is 172 Å². The van der Waals surface area contributed by atoms with E-state index in [4.69, 9.17) is 19.7 Å². The molecule has 0 N–H and O–H groups in total. The molecule has 8 aromatic rings. The van der Waals surface area contributed by atoms with Crippen LogP contribution in [0.4, 0.5) is 0 Å². The SMILES string of the molecule is CC1(C)C2=C(CCC(c3nc(-c4ccc(C56CC7C8CC(C75)[C@@H](C8)C6)cc4)nc(-c4ccccc4-c4cccc5c4-c4ccccc4C54c5ccccc5Oc5ccccc54)n3)=C2)c2ccccc21. The van der Waals surface area contributed by atoms with E-state index in [1.165, 1.54) is 75.8 Å². The minimum atomic E-state index is -0.561. The number of benzene rings is 7. The minimum absolute atomic E-state index is 0.107. The highest BCUT2D eigenvalue weighted by Crippen LogP contribution is 2.78. The third-order valence-electron chi connectivity index (χ3n) is 19.0. The zero-order chi connectivity index (χ0) is 45.4. The van der Waals surface area contributed by atoms with Crippen LogP contribution in [0.15, 0.2) is 175 Å². The van der Waals surface area contributed by atoms with Gasteiger partial charge in [-0.3, -0.25) is 0 Å². The molecule has 2 bridgehead atoms. The fourth-order valence-electron chi connectivity index (χ4n) is 16.4. The molecule has 69 heavy (non-hydrogen) atoms. The average Bonchev–Trinajstić information content (AvgIpc) is 4.07. The third-order valence-corrected chi connectivity index (χ3v) is 19.0. The van der Waals surface area contributed by atoms with Gasteiger partial charge in [-0.05, 0) is 152 Å². The molecule has 6 atom stereocenters. The monoisotopic (exact) mass is 889 g/mol. The molecule has 0 radical (unpaired) electrons. The highest BCUT2D eigenvalue weighted by Gasteiger charge is 2.72. The fourth-order valence-corrected chi connectivity index (χ4v) is 16.4. The maximum absolute atomic E-state index is 6.68. The van der Waals surface area contributed by atoms with Gasteiger partial charge in [0.1, 0.15) is 11.5 Å². The molecule has 4 nitrogen and oxygen atoms in total. The highest BCUT2D eigenvalue weighted by molar-refractivity contribution is 5.99. The highest BCUT2D eigenvalue weighted by atomic mass is 16.5. The molecule has 16 rings (SSSR count). The normalized spacial score (nSPS) is 25.8. The molecule has 1 aromatic heterocycles. The van der Waals surface area contributed by atoms with E-state index in [-0.39, 0.29) is 5.41 Å². The lowest BCUT2D eigenvalue weighted by Gasteiger charge is -2.52. The molecule has 4 fully saturated rings. The first-order chi connectivity index (χ1) is 33.9. The number of ether oxygens (including phenoxy) is 1. The van der Waals surface area contributed by atoms with Crippen LogP contribution in [0.5, 0.6) is 11.5 Å². The van der Waals surface area contributed by atoms with Gasteiger partial charge < -0.3 is 4.74 Å². The Bertz CT molecular complexity index is 3580. The number of allylic oxidation sites excluding steroid dienone is 4. The number of rotatable bonds is 5. The molecular weight excluding hydrogens is 839 g/mol. The second-order valence-electron chi connectivity index (χ2n) is 22.2. The predicted octanol–water partition coefficient (Wildman–Crippen LogP) is 15.2. The van der Waals surface area contributed by atoms with E-state index < -0.39 is 5.41 Å². The zero-order valence-electron chi connectivity index (χ0n) is 39.0. The molecule has 8 aliphatic rings. The first-order valence-corrected chi connectivity index (χ1v) is 25.5. The lowest BCUT2D eigenvalue weighted by molar-refractivity contribution is 0.0395. The number of fused-ring (bicyclic) bond motifs is 13. The van der Waals surface area contributed by atoms with Gasteiger partial charge in [0.25, 0.3) is 0 Å². The summed E-state index contributed by atoms with van der Waals surface area (Å²) in [6.45, 7) is 4.75. The van der Waals surface area contributed by atoms with Crippen molar-refractivity contribution in [2.75, 3.05) is 0 Å². The fraction of sp³-hybridized carbons (Fsp3) is 0.246. The standard InChI is InChI=1S/C65H51N3O/c1-63(2)50-19-7-5-15-43(50)44-31-28-38(34-55(44)63)61-66-60(37-26-29-41(30-27-37)64-35-40-32-39-33-48(40)59(64)49(39)36-64)67-62(68-61)46-16-4-3-14-42(46)45-18-13-23-54-58(45)47-17-6-8-20-51(47)65(54)52-21-9-11-24-56(52)69-57-25-12-10-22-53(57)65/h3-27,29-30,34,39-40,48-49,59H,28,31-33,35-36H2,1-2H3/t39?,40-,48?,49?,59?,64?/m0/s1. The summed E-state index contributed by atoms with van der Waals surface area (Å²) >= 11 is 0. The minimum Gasteiger partial charge on any atom is -0.457 e. The second-order valence-corrected chi connectivity index (χ2v) is 22.2. The summed E-state index contributed by atoms with van der Waals surface area (Å²) in [7, 11) is 0. The number of hydrogen-bond acceptors (Lipinski definition) is 4. The van der Waals surface area contributed by atoms with Crippen molar-refractivity contribution in [3.63, 3.8) is 0 Å². The summed E-state index contributed by atoms with van der Waals surface area (Å²) in [6.07, 6.45) is 10.0. The Morgan fingerprint density at radius 1 is 0.478 bits per heavy atom. The van der Waals surface area contributed by atoms with Gasteiger partial charge in [-0.25, -0.2) is 15.0 Å². The zero-order valence-corrected chi connectivity index (χ0v) is 39.0. The van der Waals surface area contributed by atoms with Crippen molar-refractivity contribution >= 4 is 11.1 Å². The summed E-state index contributed by atoms with van der Waals surface area (Å²) in [5, 5.41) is 0. The van der Waals surface area contributed by atoms with E-state index in [9.17, 15) is 0 Å². The maximum Gasteiger partial charge on any atom is 0.164 e. The molecule has 4 heteroatoms. The van der Waals surface area contributed by atoms with Crippen molar-refractivity contribution in [2.24, 2.45) is 29.6 Å². The second kappa shape index (κ2) is 13.5.